The minimum atomic E-state index is -0.112. The molecule has 1 aromatic rings. The number of para-hydroxylation sites is 1. The number of piperazine rings is 1. The normalized spacial score (nSPS) is 22.5. The summed E-state index contributed by atoms with van der Waals surface area (Å²) in [5, 5.41) is 3.02. The van der Waals surface area contributed by atoms with Gasteiger partial charge in [0, 0.05) is 44.8 Å². The number of anilines is 1. The lowest BCUT2D eigenvalue weighted by molar-refractivity contribution is -0.117. The summed E-state index contributed by atoms with van der Waals surface area (Å²) in [7, 11) is 0. The highest BCUT2D eigenvalue weighted by atomic mass is 16.2. The summed E-state index contributed by atoms with van der Waals surface area (Å²) in [5.74, 6) is 0.0669. The van der Waals surface area contributed by atoms with Crippen LogP contribution < -0.4 is 10.2 Å². The van der Waals surface area contributed by atoms with Crippen LogP contribution in [0.2, 0.25) is 0 Å². The third kappa shape index (κ3) is 3.64. The lowest BCUT2D eigenvalue weighted by Crippen LogP contribution is -2.53. The van der Waals surface area contributed by atoms with Gasteiger partial charge in [-0.2, -0.15) is 0 Å². The maximum atomic E-state index is 12.4. The maximum absolute atomic E-state index is 12.4. The van der Waals surface area contributed by atoms with E-state index in [0.717, 1.165) is 38.4 Å². The summed E-state index contributed by atoms with van der Waals surface area (Å²) < 4.78 is 0. The lowest BCUT2D eigenvalue weighted by Gasteiger charge is -2.34. The molecule has 0 saturated carbocycles. The van der Waals surface area contributed by atoms with Crippen molar-refractivity contribution in [3.05, 3.63) is 30.3 Å². The Kier molecular flexibility index (Phi) is 4.81. The molecular formula is C17H24N4O2. The predicted octanol–water partition coefficient (Wildman–Crippen LogP) is 1.14. The number of benzene rings is 1. The van der Waals surface area contributed by atoms with Gasteiger partial charge in [0.25, 0.3) is 0 Å². The van der Waals surface area contributed by atoms with Gasteiger partial charge in [-0.3, -0.25) is 4.79 Å². The second kappa shape index (κ2) is 7.00. The van der Waals surface area contributed by atoms with Crippen LogP contribution in [-0.4, -0.2) is 67.0 Å². The Morgan fingerprint density at radius 2 is 1.87 bits per heavy atom. The molecule has 0 bridgehead atoms. The first-order valence-electron chi connectivity index (χ1n) is 8.30. The molecule has 2 aliphatic heterocycles. The fourth-order valence-corrected chi connectivity index (χ4v) is 3.19. The number of carbonyl (C=O) groups is 2. The van der Waals surface area contributed by atoms with Crippen LogP contribution in [0.5, 0.6) is 0 Å². The third-order valence-corrected chi connectivity index (χ3v) is 4.63. The summed E-state index contributed by atoms with van der Waals surface area (Å²) in [6.07, 6.45) is 0.371. The predicted molar refractivity (Wildman–Crippen MR) is 89.4 cm³/mol. The molecule has 1 aromatic carbocycles. The number of carbonyl (C=O) groups excluding carboxylic acids is 2. The molecule has 1 unspecified atom stereocenters. The zero-order valence-electron chi connectivity index (χ0n) is 13.6. The topological polar surface area (TPSA) is 55.9 Å². The number of hydrogen-bond acceptors (Lipinski definition) is 3. The smallest absolute Gasteiger partial charge is 0.317 e. The van der Waals surface area contributed by atoms with Crippen LogP contribution in [0.3, 0.4) is 0 Å². The van der Waals surface area contributed by atoms with Crippen LogP contribution in [0.15, 0.2) is 30.3 Å². The van der Waals surface area contributed by atoms with Crippen LogP contribution in [0, 0.1) is 0 Å². The monoisotopic (exact) mass is 316 g/mol. The molecule has 3 amide bonds. The van der Waals surface area contributed by atoms with Gasteiger partial charge < -0.3 is 20.0 Å². The second-order valence-corrected chi connectivity index (χ2v) is 6.11. The fraction of sp³-hybridized carbons (Fsp3) is 0.529. The molecule has 0 aliphatic carbocycles. The largest absolute Gasteiger partial charge is 0.333 e. The zero-order chi connectivity index (χ0) is 16.2. The molecule has 2 aliphatic rings. The number of urea groups is 1. The Bertz CT molecular complexity index is 555. The van der Waals surface area contributed by atoms with Gasteiger partial charge in [-0.1, -0.05) is 25.1 Å². The quantitative estimate of drug-likeness (QED) is 0.910. The van der Waals surface area contributed by atoms with E-state index in [4.69, 9.17) is 0 Å². The van der Waals surface area contributed by atoms with Crippen molar-refractivity contribution in [3.8, 4) is 0 Å². The molecule has 1 atom stereocenters. The van der Waals surface area contributed by atoms with E-state index in [2.05, 4.69) is 17.1 Å². The molecule has 0 aromatic heterocycles. The van der Waals surface area contributed by atoms with Gasteiger partial charge in [-0.05, 0) is 18.7 Å². The van der Waals surface area contributed by atoms with Gasteiger partial charge in [-0.25, -0.2) is 4.79 Å². The lowest BCUT2D eigenvalue weighted by atomic mass is 10.2. The average molecular weight is 316 g/mol. The molecule has 0 spiro atoms. The van der Waals surface area contributed by atoms with Crippen molar-refractivity contribution in [2.45, 2.75) is 19.4 Å². The SMILES string of the molecule is CCN1CCN(C(=O)NC2CC(=O)N(c3ccccc3)C2)CC1. The molecule has 124 valence electrons. The van der Waals surface area contributed by atoms with Gasteiger partial charge in [-0.15, -0.1) is 0 Å². The second-order valence-electron chi connectivity index (χ2n) is 6.11. The highest BCUT2D eigenvalue weighted by Gasteiger charge is 2.32. The van der Waals surface area contributed by atoms with Gasteiger partial charge in [0.1, 0.15) is 0 Å². The van der Waals surface area contributed by atoms with Gasteiger partial charge in [0.2, 0.25) is 5.91 Å². The number of likely N-dealkylation sites (N-methyl/N-ethyl adjacent to an activating group) is 1. The minimum Gasteiger partial charge on any atom is -0.333 e. The molecule has 23 heavy (non-hydrogen) atoms. The first-order chi connectivity index (χ1) is 11.2. The first kappa shape index (κ1) is 15.8. The summed E-state index contributed by atoms with van der Waals surface area (Å²) in [6.45, 7) is 7.05. The molecule has 2 heterocycles. The zero-order valence-corrected chi connectivity index (χ0v) is 13.6. The van der Waals surface area contributed by atoms with Crippen molar-refractivity contribution < 1.29 is 9.59 Å². The minimum absolute atomic E-state index is 0.0477. The number of nitrogens with zero attached hydrogens (tertiary/aromatic N) is 3. The number of nitrogens with one attached hydrogen (secondary N) is 1. The van der Waals surface area contributed by atoms with Crippen molar-refractivity contribution in [1.29, 1.82) is 0 Å². The number of hydrogen-bond donors (Lipinski definition) is 1. The van der Waals surface area contributed by atoms with Gasteiger partial charge >= 0.3 is 6.03 Å². The van der Waals surface area contributed by atoms with Crippen molar-refractivity contribution in [1.82, 2.24) is 15.1 Å². The van der Waals surface area contributed by atoms with Gasteiger partial charge in [0.15, 0.2) is 0 Å². The average Bonchev–Trinajstić information content (AvgIpc) is 2.96. The van der Waals surface area contributed by atoms with E-state index in [1.165, 1.54) is 0 Å². The van der Waals surface area contributed by atoms with Crippen molar-refractivity contribution >= 4 is 17.6 Å². The standard InChI is InChI=1S/C17H24N4O2/c1-2-19-8-10-20(11-9-19)17(23)18-14-12-16(22)21(13-14)15-6-4-3-5-7-15/h3-7,14H,2,8-13H2,1H3,(H,18,23). The summed E-state index contributed by atoms with van der Waals surface area (Å²) in [4.78, 5) is 30.5. The van der Waals surface area contributed by atoms with Crippen molar-refractivity contribution in [2.24, 2.45) is 0 Å². The van der Waals surface area contributed by atoms with E-state index in [-0.39, 0.29) is 18.0 Å². The van der Waals surface area contributed by atoms with E-state index in [0.29, 0.717) is 13.0 Å². The Hall–Kier alpha value is -2.08. The first-order valence-corrected chi connectivity index (χ1v) is 8.30. The Morgan fingerprint density at radius 3 is 2.52 bits per heavy atom. The summed E-state index contributed by atoms with van der Waals surface area (Å²) in [5.41, 5.74) is 0.894. The van der Waals surface area contributed by atoms with E-state index >= 15 is 0 Å². The van der Waals surface area contributed by atoms with Crippen LogP contribution in [-0.2, 0) is 4.79 Å². The van der Waals surface area contributed by atoms with Crippen LogP contribution in [0.4, 0.5) is 10.5 Å². The van der Waals surface area contributed by atoms with Gasteiger partial charge in [0.05, 0.1) is 6.04 Å². The molecule has 3 rings (SSSR count). The van der Waals surface area contributed by atoms with E-state index in [9.17, 15) is 9.59 Å². The summed E-state index contributed by atoms with van der Waals surface area (Å²) in [6, 6.07) is 9.45. The number of amides is 3. The molecule has 0 radical (unpaired) electrons. The molecular weight excluding hydrogens is 292 g/mol. The fourth-order valence-electron chi connectivity index (χ4n) is 3.19. The highest BCUT2D eigenvalue weighted by Crippen LogP contribution is 2.21. The van der Waals surface area contributed by atoms with Crippen molar-refractivity contribution in [3.63, 3.8) is 0 Å². The molecule has 2 fully saturated rings. The third-order valence-electron chi connectivity index (χ3n) is 4.63. The Labute approximate surface area is 137 Å². The van der Waals surface area contributed by atoms with E-state index in [1.807, 2.05) is 35.2 Å². The van der Waals surface area contributed by atoms with Crippen LogP contribution in [0.1, 0.15) is 13.3 Å². The molecule has 1 N–H and O–H groups in total. The summed E-state index contributed by atoms with van der Waals surface area (Å²) >= 11 is 0. The van der Waals surface area contributed by atoms with Crippen molar-refractivity contribution in [2.75, 3.05) is 44.2 Å². The van der Waals surface area contributed by atoms with E-state index in [1.54, 1.807) is 4.90 Å². The Balaban J connectivity index is 1.53. The highest BCUT2D eigenvalue weighted by molar-refractivity contribution is 5.96. The van der Waals surface area contributed by atoms with E-state index < -0.39 is 0 Å². The molecule has 6 heteroatoms. The number of rotatable bonds is 3. The molecule has 6 nitrogen and oxygen atoms in total. The molecule has 2 saturated heterocycles. The van der Waals surface area contributed by atoms with Crippen LogP contribution >= 0.6 is 0 Å². The van der Waals surface area contributed by atoms with Crippen LogP contribution in [0.25, 0.3) is 0 Å². The Morgan fingerprint density at radius 1 is 1.17 bits per heavy atom. The maximum Gasteiger partial charge on any atom is 0.317 e.